The third kappa shape index (κ3) is 3.22. The molecule has 0 radical (unpaired) electrons. The summed E-state index contributed by atoms with van der Waals surface area (Å²) < 4.78 is 21.8. The normalized spacial score (nSPS) is 20.4. The quantitative estimate of drug-likeness (QED) is 0.670. The van der Waals surface area contributed by atoms with Crippen LogP contribution < -0.4 is 0 Å². The van der Waals surface area contributed by atoms with Gasteiger partial charge in [-0.15, -0.1) is 0 Å². The highest BCUT2D eigenvalue weighted by atomic mass is 31.2. The summed E-state index contributed by atoms with van der Waals surface area (Å²) in [5, 5.41) is 0. The maximum absolute atomic E-state index is 12.2. The number of hydrogen-bond acceptors (Lipinski definition) is 4. The van der Waals surface area contributed by atoms with Gasteiger partial charge in [-0.3, -0.25) is 9.36 Å². The molecule has 0 N–H and O–H groups in total. The fourth-order valence-electron chi connectivity index (χ4n) is 2.11. The van der Waals surface area contributed by atoms with E-state index in [0.29, 0.717) is 5.57 Å². The van der Waals surface area contributed by atoms with E-state index in [1.807, 2.05) is 24.8 Å². The van der Waals surface area contributed by atoms with E-state index in [0.717, 1.165) is 19.4 Å². The fourth-order valence-corrected chi connectivity index (χ4v) is 3.17. The van der Waals surface area contributed by atoms with Crippen LogP contribution in [0, 0.1) is 0 Å². The van der Waals surface area contributed by atoms with Gasteiger partial charge in [0.2, 0.25) is 0 Å². The molecule has 1 aliphatic heterocycles. The molecule has 0 bridgehead atoms. The molecular formula is C12H22NO4P. The van der Waals surface area contributed by atoms with E-state index >= 15 is 0 Å². The minimum atomic E-state index is -3.17. The Morgan fingerprint density at radius 2 is 1.94 bits per heavy atom. The predicted octanol–water partition coefficient (Wildman–Crippen LogP) is 2.43. The van der Waals surface area contributed by atoms with Crippen LogP contribution in [-0.2, 0) is 18.4 Å². The highest BCUT2D eigenvalue weighted by Crippen LogP contribution is 2.48. The van der Waals surface area contributed by atoms with Gasteiger partial charge >= 0.3 is 7.60 Å². The van der Waals surface area contributed by atoms with Crippen LogP contribution in [0.25, 0.3) is 0 Å². The molecule has 18 heavy (non-hydrogen) atoms. The van der Waals surface area contributed by atoms with E-state index in [-0.39, 0.29) is 18.1 Å². The van der Waals surface area contributed by atoms with Crippen LogP contribution in [0.5, 0.6) is 0 Å². The lowest BCUT2D eigenvalue weighted by Gasteiger charge is -2.23. The van der Waals surface area contributed by atoms with Crippen molar-refractivity contribution in [1.82, 2.24) is 4.90 Å². The maximum Gasteiger partial charge on any atom is 0.334 e. The fraction of sp³-hybridized carbons (Fsp3) is 0.750. The lowest BCUT2D eigenvalue weighted by Crippen LogP contribution is -2.35. The van der Waals surface area contributed by atoms with Crippen molar-refractivity contribution in [3.05, 3.63) is 11.6 Å². The first-order valence-electron chi connectivity index (χ1n) is 6.23. The van der Waals surface area contributed by atoms with Crippen molar-refractivity contribution in [1.29, 1.82) is 0 Å². The van der Waals surface area contributed by atoms with E-state index in [1.165, 1.54) is 14.2 Å². The van der Waals surface area contributed by atoms with Crippen LogP contribution in [-0.4, -0.2) is 43.8 Å². The molecule has 0 fully saturated rings. The summed E-state index contributed by atoms with van der Waals surface area (Å²) in [5.41, 5.74) is 0.544. The monoisotopic (exact) mass is 275 g/mol. The summed E-state index contributed by atoms with van der Waals surface area (Å²) in [6.45, 7) is 4.79. The summed E-state index contributed by atoms with van der Waals surface area (Å²) in [6, 6.07) is 0.106. The zero-order chi connectivity index (χ0) is 13.8. The van der Waals surface area contributed by atoms with Crippen molar-refractivity contribution in [2.24, 2.45) is 0 Å². The molecule has 1 atom stereocenters. The van der Waals surface area contributed by atoms with E-state index in [9.17, 15) is 9.36 Å². The molecule has 5 nitrogen and oxygen atoms in total. The predicted molar refractivity (Wildman–Crippen MR) is 70.7 cm³/mol. The Balaban J connectivity index is 2.84. The number of nitrogens with zero attached hydrogens (tertiary/aromatic N) is 1. The third-order valence-electron chi connectivity index (χ3n) is 3.13. The summed E-state index contributed by atoms with van der Waals surface area (Å²) in [4.78, 5) is 14.0. The first-order chi connectivity index (χ1) is 8.51. The van der Waals surface area contributed by atoms with Crippen LogP contribution >= 0.6 is 7.60 Å². The zero-order valence-electron chi connectivity index (χ0n) is 11.5. The molecule has 1 unspecified atom stereocenters. The van der Waals surface area contributed by atoms with Gasteiger partial charge in [0.1, 0.15) is 0 Å². The average molecular weight is 275 g/mol. The molecule has 0 aromatic heterocycles. The largest absolute Gasteiger partial charge is 0.334 e. The number of hydrogen-bond donors (Lipinski definition) is 0. The Morgan fingerprint density at radius 3 is 2.39 bits per heavy atom. The van der Waals surface area contributed by atoms with E-state index in [1.54, 1.807) is 0 Å². The third-order valence-corrected chi connectivity index (χ3v) is 4.97. The smallest absolute Gasteiger partial charge is 0.332 e. The lowest BCUT2D eigenvalue weighted by atomic mass is 10.2. The molecule has 6 heteroatoms. The molecule has 1 aliphatic rings. The van der Waals surface area contributed by atoms with Gasteiger partial charge in [0.25, 0.3) is 5.91 Å². The van der Waals surface area contributed by atoms with Crippen molar-refractivity contribution < 1.29 is 18.4 Å². The SMILES string of the molecule is CCCN1C(=O)C(CP(=O)(OC)OC)=CC1CC. The number of carbonyl (C=O) groups excluding carboxylic acids is 1. The summed E-state index contributed by atoms with van der Waals surface area (Å²) in [5.74, 6) is -0.0435. The number of carbonyl (C=O) groups is 1. The first kappa shape index (κ1) is 15.4. The molecular weight excluding hydrogens is 253 g/mol. The van der Waals surface area contributed by atoms with Crippen molar-refractivity contribution in [2.45, 2.75) is 32.7 Å². The molecule has 1 rings (SSSR count). The molecule has 0 aromatic rings. The molecule has 1 heterocycles. The number of amides is 1. The zero-order valence-corrected chi connectivity index (χ0v) is 12.4. The molecule has 0 aromatic carbocycles. The summed E-state index contributed by atoms with van der Waals surface area (Å²) >= 11 is 0. The molecule has 0 aliphatic carbocycles. The first-order valence-corrected chi connectivity index (χ1v) is 7.96. The standard InChI is InChI=1S/C12H22NO4P/c1-5-7-13-11(6-2)8-10(12(13)14)9-18(15,16-3)17-4/h8,11H,5-7,9H2,1-4H3. The van der Waals surface area contributed by atoms with Gasteiger partial charge in [-0.05, 0) is 12.8 Å². The van der Waals surface area contributed by atoms with E-state index in [4.69, 9.17) is 9.05 Å². The Bertz CT molecular complexity index is 372. The summed E-state index contributed by atoms with van der Waals surface area (Å²) in [6.07, 6.45) is 3.72. The highest BCUT2D eigenvalue weighted by Gasteiger charge is 2.35. The minimum Gasteiger partial charge on any atom is -0.332 e. The van der Waals surface area contributed by atoms with Crippen molar-refractivity contribution in [3.8, 4) is 0 Å². The van der Waals surface area contributed by atoms with E-state index in [2.05, 4.69) is 0 Å². The lowest BCUT2D eigenvalue weighted by molar-refractivity contribution is -0.127. The van der Waals surface area contributed by atoms with Crippen molar-refractivity contribution >= 4 is 13.5 Å². The van der Waals surface area contributed by atoms with Crippen LogP contribution in [0.3, 0.4) is 0 Å². The Hall–Kier alpha value is -0.640. The second kappa shape index (κ2) is 6.50. The molecule has 104 valence electrons. The Kier molecular flexibility index (Phi) is 5.57. The molecule has 0 spiro atoms. The topological polar surface area (TPSA) is 55.8 Å². The van der Waals surface area contributed by atoms with Gasteiger partial charge in [0.15, 0.2) is 0 Å². The Morgan fingerprint density at radius 1 is 1.33 bits per heavy atom. The molecule has 0 saturated carbocycles. The van der Waals surface area contributed by atoms with Crippen LogP contribution in [0.1, 0.15) is 26.7 Å². The minimum absolute atomic E-state index is 0.0435. The second-order valence-electron chi connectivity index (χ2n) is 4.30. The second-order valence-corrected chi connectivity index (χ2v) is 6.57. The Labute approximate surface area is 109 Å². The average Bonchev–Trinajstić information content (AvgIpc) is 2.67. The van der Waals surface area contributed by atoms with E-state index < -0.39 is 7.60 Å². The van der Waals surface area contributed by atoms with Gasteiger partial charge in [0, 0.05) is 26.3 Å². The molecule has 1 amide bonds. The van der Waals surface area contributed by atoms with Gasteiger partial charge in [-0.25, -0.2) is 0 Å². The van der Waals surface area contributed by atoms with Gasteiger partial charge in [-0.1, -0.05) is 19.9 Å². The highest BCUT2D eigenvalue weighted by molar-refractivity contribution is 7.54. The van der Waals surface area contributed by atoms with Crippen LogP contribution in [0.15, 0.2) is 11.6 Å². The van der Waals surface area contributed by atoms with Crippen molar-refractivity contribution in [2.75, 3.05) is 26.9 Å². The van der Waals surface area contributed by atoms with Crippen molar-refractivity contribution in [3.63, 3.8) is 0 Å². The van der Waals surface area contributed by atoms with Crippen LogP contribution in [0.2, 0.25) is 0 Å². The maximum atomic E-state index is 12.2. The van der Waals surface area contributed by atoms with Gasteiger partial charge < -0.3 is 13.9 Å². The number of rotatable bonds is 7. The van der Waals surface area contributed by atoms with Crippen LogP contribution in [0.4, 0.5) is 0 Å². The summed E-state index contributed by atoms with van der Waals surface area (Å²) in [7, 11) is -0.489. The van der Waals surface area contributed by atoms with Gasteiger partial charge in [0.05, 0.1) is 12.2 Å². The van der Waals surface area contributed by atoms with Gasteiger partial charge in [-0.2, -0.15) is 0 Å². The molecule has 0 saturated heterocycles.